The first-order chi connectivity index (χ1) is 13.1. The number of amides is 1. The third-order valence-corrected chi connectivity index (χ3v) is 4.45. The van der Waals surface area contributed by atoms with Gasteiger partial charge >= 0.3 is 0 Å². The zero-order chi connectivity index (χ0) is 19.4. The molecule has 5 nitrogen and oxygen atoms in total. The lowest BCUT2D eigenvalue weighted by molar-refractivity contribution is -0.114. The fraction of sp³-hybridized carbons (Fsp3) is 0.273. The normalized spacial score (nSPS) is 15.3. The van der Waals surface area contributed by atoms with E-state index in [0.29, 0.717) is 29.4 Å². The summed E-state index contributed by atoms with van der Waals surface area (Å²) < 4.78 is 10.9. The number of hydrazone groups is 1. The summed E-state index contributed by atoms with van der Waals surface area (Å²) in [7, 11) is 1.60. The quantitative estimate of drug-likeness (QED) is 0.711. The maximum Gasteiger partial charge on any atom is 0.280 e. The van der Waals surface area contributed by atoms with Crippen LogP contribution in [0, 0.1) is 0 Å². The third kappa shape index (κ3) is 3.87. The molecule has 0 radical (unpaired) electrons. The SMILES string of the molecule is CCOc1ccc(C=C2C(=O)N(c3ccc(CC)cc3)N=C2C)cc1OC. The molecule has 1 heterocycles. The summed E-state index contributed by atoms with van der Waals surface area (Å²) >= 11 is 0. The Labute approximate surface area is 159 Å². The van der Waals surface area contributed by atoms with Gasteiger partial charge in [-0.2, -0.15) is 10.1 Å². The van der Waals surface area contributed by atoms with Crippen molar-refractivity contribution in [1.29, 1.82) is 0 Å². The number of carbonyl (C=O) groups is 1. The van der Waals surface area contributed by atoms with Crippen LogP contribution in [0.15, 0.2) is 53.1 Å². The Hall–Kier alpha value is -3.08. The third-order valence-electron chi connectivity index (χ3n) is 4.45. The minimum atomic E-state index is -0.135. The number of anilines is 1. The standard InChI is InChI=1S/C22H24N2O3/c1-5-16-7-10-18(11-8-16)24-22(25)19(15(3)23-24)13-17-9-12-20(27-6-2)21(14-17)26-4/h7-14H,5-6H2,1-4H3. The van der Waals surface area contributed by atoms with Crippen molar-refractivity contribution >= 4 is 23.4 Å². The second-order valence-electron chi connectivity index (χ2n) is 6.22. The van der Waals surface area contributed by atoms with E-state index in [-0.39, 0.29) is 5.91 Å². The molecule has 0 saturated heterocycles. The molecule has 0 bridgehead atoms. The van der Waals surface area contributed by atoms with Crippen LogP contribution >= 0.6 is 0 Å². The molecule has 0 unspecified atom stereocenters. The number of ether oxygens (including phenoxy) is 2. The van der Waals surface area contributed by atoms with E-state index in [2.05, 4.69) is 12.0 Å². The number of aryl methyl sites for hydroxylation is 1. The number of hydrogen-bond acceptors (Lipinski definition) is 4. The van der Waals surface area contributed by atoms with E-state index >= 15 is 0 Å². The number of nitrogens with zero attached hydrogens (tertiary/aromatic N) is 2. The lowest BCUT2D eigenvalue weighted by Gasteiger charge is -2.12. The molecule has 2 aromatic carbocycles. The Morgan fingerprint density at radius 3 is 2.44 bits per heavy atom. The average Bonchev–Trinajstić information content (AvgIpc) is 2.97. The molecule has 140 valence electrons. The van der Waals surface area contributed by atoms with Crippen molar-refractivity contribution in [3.8, 4) is 11.5 Å². The van der Waals surface area contributed by atoms with E-state index in [9.17, 15) is 4.79 Å². The molecule has 0 atom stereocenters. The minimum Gasteiger partial charge on any atom is -0.493 e. The topological polar surface area (TPSA) is 51.1 Å². The summed E-state index contributed by atoms with van der Waals surface area (Å²) in [5.74, 6) is 1.19. The molecule has 1 aliphatic heterocycles. The molecule has 5 heteroatoms. The first kappa shape index (κ1) is 18.7. The molecule has 0 aliphatic carbocycles. The van der Waals surface area contributed by atoms with E-state index in [1.54, 1.807) is 7.11 Å². The van der Waals surface area contributed by atoms with Gasteiger partial charge in [-0.25, -0.2) is 0 Å². The van der Waals surface area contributed by atoms with Crippen LogP contribution in [0.2, 0.25) is 0 Å². The van der Waals surface area contributed by atoms with Gasteiger partial charge in [0.05, 0.1) is 30.7 Å². The van der Waals surface area contributed by atoms with Gasteiger partial charge < -0.3 is 9.47 Å². The van der Waals surface area contributed by atoms with Crippen molar-refractivity contribution in [1.82, 2.24) is 0 Å². The summed E-state index contributed by atoms with van der Waals surface area (Å²) in [4.78, 5) is 12.9. The summed E-state index contributed by atoms with van der Waals surface area (Å²) in [6.45, 7) is 6.43. The van der Waals surface area contributed by atoms with Gasteiger partial charge in [0.1, 0.15) is 0 Å². The van der Waals surface area contributed by atoms with Gasteiger partial charge in [-0.05, 0) is 61.7 Å². The predicted molar refractivity (Wildman–Crippen MR) is 109 cm³/mol. The monoisotopic (exact) mass is 364 g/mol. The van der Waals surface area contributed by atoms with E-state index in [4.69, 9.17) is 9.47 Å². The van der Waals surface area contributed by atoms with Crippen molar-refractivity contribution < 1.29 is 14.3 Å². The Kier molecular flexibility index (Phi) is 5.60. The highest BCUT2D eigenvalue weighted by Gasteiger charge is 2.28. The summed E-state index contributed by atoms with van der Waals surface area (Å²) in [6.07, 6.45) is 2.79. The fourth-order valence-corrected chi connectivity index (χ4v) is 2.95. The molecule has 0 saturated carbocycles. The van der Waals surface area contributed by atoms with Crippen LogP contribution in [0.25, 0.3) is 6.08 Å². The molecule has 27 heavy (non-hydrogen) atoms. The fourth-order valence-electron chi connectivity index (χ4n) is 2.95. The first-order valence-electron chi connectivity index (χ1n) is 9.08. The minimum absolute atomic E-state index is 0.135. The lowest BCUT2D eigenvalue weighted by Crippen LogP contribution is -2.21. The maximum atomic E-state index is 12.9. The first-order valence-corrected chi connectivity index (χ1v) is 9.08. The van der Waals surface area contributed by atoms with Crippen LogP contribution < -0.4 is 14.5 Å². The Bertz CT molecular complexity index is 898. The van der Waals surface area contributed by atoms with Gasteiger partial charge in [0, 0.05) is 0 Å². The van der Waals surface area contributed by atoms with Crippen molar-refractivity contribution in [2.45, 2.75) is 27.2 Å². The Morgan fingerprint density at radius 1 is 1.07 bits per heavy atom. The van der Waals surface area contributed by atoms with Gasteiger partial charge in [0.2, 0.25) is 0 Å². The molecule has 1 aliphatic rings. The van der Waals surface area contributed by atoms with Crippen LogP contribution in [-0.4, -0.2) is 25.3 Å². The largest absolute Gasteiger partial charge is 0.493 e. The highest BCUT2D eigenvalue weighted by atomic mass is 16.5. The Balaban J connectivity index is 1.89. The van der Waals surface area contributed by atoms with E-state index in [1.807, 2.05) is 62.4 Å². The van der Waals surface area contributed by atoms with Crippen LogP contribution in [0.4, 0.5) is 5.69 Å². The Morgan fingerprint density at radius 2 is 1.81 bits per heavy atom. The van der Waals surface area contributed by atoms with Crippen molar-refractivity contribution in [3.05, 3.63) is 59.2 Å². The average molecular weight is 364 g/mol. The number of hydrogen-bond donors (Lipinski definition) is 0. The van der Waals surface area contributed by atoms with Crippen molar-refractivity contribution in [2.75, 3.05) is 18.7 Å². The molecule has 2 aromatic rings. The molecule has 0 spiro atoms. The molecule has 0 N–H and O–H groups in total. The van der Waals surface area contributed by atoms with Gasteiger partial charge in [-0.1, -0.05) is 25.1 Å². The maximum absolute atomic E-state index is 12.9. The highest BCUT2D eigenvalue weighted by Crippen LogP contribution is 2.30. The second-order valence-corrected chi connectivity index (χ2v) is 6.22. The van der Waals surface area contributed by atoms with Crippen LogP contribution in [0.3, 0.4) is 0 Å². The van der Waals surface area contributed by atoms with Gasteiger partial charge in [0.15, 0.2) is 11.5 Å². The number of carbonyl (C=O) groups excluding carboxylic acids is 1. The highest BCUT2D eigenvalue weighted by molar-refractivity contribution is 6.32. The molecule has 0 fully saturated rings. The molecule has 3 rings (SSSR count). The second kappa shape index (κ2) is 8.08. The number of rotatable bonds is 6. The zero-order valence-corrected chi connectivity index (χ0v) is 16.2. The zero-order valence-electron chi connectivity index (χ0n) is 16.2. The van der Waals surface area contributed by atoms with E-state index < -0.39 is 0 Å². The van der Waals surface area contributed by atoms with Crippen LogP contribution in [-0.2, 0) is 11.2 Å². The van der Waals surface area contributed by atoms with Crippen molar-refractivity contribution in [3.63, 3.8) is 0 Å². The van der Waals surface area contributed by atoms with Crippen LogP contribution in [0.5, 0.6) is 11.5 Å². The van der Waals surface area contributed by atoms with Crippen LogP contribution in [0.1, 0.15) is 31.9 Å². The summed E-state index contributed by atoms with van der Waals surface area (Å²) in [5, 5.41) is 5.89. The van der Waals surface area contributed by atoms with Crippen molar-refractivity contribution in [2.24, 2.45) is 5.10 Å². The van der Waals surface area contributed by atoms with Gasteiger partial charge in [-0.3, -0.25) is 4.79 Å². The molecule has 1 amide bonds. The predicted octanol–water partition coefficient (Wildman–Crippen LogP) is 4.46. The summed E-state index contributed by atoms with van der Waals surface area (Å²) in [5.41, 5.74) is 4.11. The number of methoxy groups -OCH3 is 1. The van der Waals surface area contributed by atoms with Gasteiger partial charge in [-0.15, -0.1) is 0 Å². The molecule has 0 aromatic heterocycles. The molecular weight excluding hydrogens is 340 g/mol. The summed E-state index contributed by atoms with van der Waals surface area (Å²) in [6, 6.07) is 13.5. The molecular formula is C22H24N2O3. The van der Waals surface area contributed by atoms with E-state index in [1.165, 1.54) is 10.6 Å². The number of benzene rings is 2. The van der Waals surface area contributed by atoms with E-state index in [0.717, 1.165) is 17.7 Å². The smallest absolute Gasteiger partial charge is 0.280 e. The van der Waals surface area contributed by atoms with Gasteiger partial charge in [0.25, 0.3) is 5.91 Å². The lowest BCUT2D eigenvalue weighted by atomic mass is 10.1.